The summed E-state index contributed by atoms with van der Waals surface area (Å²) in [5.41, 5.74) is 3.60. The van der Waals surface area contributed by atoms with Crippen LogP contribution in [0.4, 0.5) is 4.39 Å². The Kier molecular flexibility index (Phi) is 4.79. The predicted octanol–water partition coefficient (Wildman–Crippen LogP) is 5.39. The van der Waals surface area contributed by atoms with E-state index in [1.165, 1.54) is 22.9 Å². The molecule has 2 heterocycles. The van der Waals surface area contributed by atoms with E-state index in [1.54, 1.807) is 12.1 Å². The number of nitrogens with one attached hydrogen (secondary N) is 1. The maximum atomic E-state index is 13.2. The van der Waals surface area contributed by atoms with Crippen LogP contribution in [0, 0.1) is 5.82 Å². The van der Waals surface area contributed by atoms with E-state index >= 15 is 0 Å². The standard InChI is InChI=1S/C25H22FN3O/c26-20-12-10-18(11-13-20)25(30)29-14-4-7-19(16-29)23-15-24(28-27-23)22-9-3-6-17-5-1-2-8-21(17)22/h1-3,5-6,8-13,15,19H,4,7,14,16H2,(H,27,28)/t19-/m0/s1. The van der Waals surface area contributed by atoms with Crippen LogP contribution in [0.2, 0.25) is 0 Å². The first-order valence-electron chi connectivity index (χ1n) is 10.3. The Morgan fingerprint density at radius 2 is 1.83 bits per heavy atom. The summed E-state index contributed by atoms with van der Waals surface area (Å²) in [5, 5.41) is 10.2. The van der Waals surface area contributed by atoms with Crippen molar-refractivity contribution in [2.75, 3.05) is 13.1 Å². The Hall–Kier alpha value is -3.47. The fourth-order valence-electron chi connectivity index (χ4n) is 4.32. The summed E-state index contributed by atoms with van der Waals surface area (Å²) < 4.78 is 13.2. The maximum absolute atomic E-state index is 13.2. The van der Waals surface area contributed by atoms with E-state index < -0.39 is 0 Å². The third-order valence-corrected chi connectivity index (χ3v) is 5.90. The maximum Gasteiger partial charge on any atom is 0.253 e. The third kappa shape index (κ3) is 3.47. The van der Waals surface area contributed by atoms with Crippen LogP contribution in [0.25, 0.3) is 22.0 Å². The highest BCUT2D eigenvalue weighted by atomic mass is 19.1. The minimum atomic E-state index is -0.332. The van der Waals surface area contributed by atoms with Crippen molar-refractivity contribution in [2.24, 2.45) is 0 Å². The average molecular weight is 399 g/mol. The highest BCUT2D eigenvalue weighted by Gasteiger charge is 2.27. The van der Waals surface area contributed by atoms with Crippen LogP contribution in [-0.4, -0.2) is 34.1 Å². The monoisotopic (exact) mass is 399 g/mol. The van der Waals surface area contributed by atoms with Crippen LogP contribution in [-0.2, 0) is 0 Å². The second-order valence-corrected chi connectivity index (χ2v) is 7.83. The van der Waals surface area contributed by atoms with Crippen molar-refractivity contribution in [1.82, 2.24) is 15.1 Å². The highest BCUT2D eigenvalue weighted by Crippen LogP contribution is 2.32. The van der Waals surface area contributed by atoms with Gasteiger partial charge in [0.05, 0.1) is 5.69 Å². The lowest BCUT2D eigenvalue weighted by atomic mass is 9.93. The lowest BCUT2D eigenvalue weighted by Crippen LogP contribution is -2.39. The molecule has 1 aliphatic rings. The molecule has 1 N–H and O–H groups in total. The quantitative estimate of drug-likeness (QED) is 0.502. The van der Waals surface area contributed by atoms with Crippen molar-refractivity contribution in [3.63, 3.8) is 0 Å². The number of hydrogen-bond donors (Lipinski definition) is 1. The van der Waals surface area contributed by atoms with Gasteiger partial charge in [-0.05, 0) is 53.9 Å². The van der Waals surface area contributed by atoms with E-state index in [0.717, 1.165) is 36.3 Å². The fourth-order valence-corrected chi connectivity index (χ4v) is 4.32. The molecule has 1 amide bonds. The second-order valence-electron chi connectivity index (χ2n) is 7.83. The molecule has 5 heteroatoms. The molecule has 4 nitrogen and oxygen atoms in total. The molecule has 0 saturated carbocycles. The number of aromatic nitrogens is 2. The number of H-pyrrole nitrogens is 1. The summed E-state index contributed by atoms with van der Waals surface area (Å²) in [4.78, 5) is 14.7. The van der Waals surface area contributed by atoms with Gasteiger partial charge in [-0.1, -0.05) is 42.5 Å². The van der Waals surface area contributed by atoms with E-state index in [4.69, 9.17) is 0 Å². The van der Waals surface area contributed by atoms with Crippen LogP contribution >= 0.6 is 0 Å². The molecule has 1 aliphatic heterocycles. The molecule has 5 rings (SSSR count). The summed E-state index contributed by atoms with van der Waals surface area (Å²) in [6.07, 6.45) is 1.94. The van der Waals surface area contributed by atoms with Crippen molar-refractivity contribution in [3.8, 4) is 11.3 Å². The van der Waals surface area contributed by atoms with Gasteiger partial charge in [0.25, 0.3) is 5.91 Å². The molecule has 0 radical (unpaired) electrons. The Balaban J connectivity index is 1.38. The van der Waals surface area contributed by atoms with Gasteiger partial charge in [-0.15, -0.1) is 0 Å². The van der Waals surface area contributed by atoms with Crippen molar-refractivity contribution >= 4 is 16.7 Å². The molecular formula is C25H22FN3O. The number of benzene rings is 3. The summed E-state index contributed by atoms with van der Waals surface area (Å²) in [5.74, 6) is -0.172. The zero-order valence-electron chi connectivity index (χ0n) is 16.5. The number of halogens is 1. The molecule has 3 aromatic carbocycles. The first-order chi connectivity index (χ1) is 14.7. The SMILES string of the molecule is O=C(c1ccc(F)cc1)N1CCC[C@H](c2cc(-c3cccc4ccccc34)n[nH]2)C1. The van der Waals surface area contributed by atoms with E-state index in [2.05, 4.69) is 46.6 Å². The lowest BCUT2D eigenvalue weighted by Gasteiger charge is -2.32. The summed E-state index contributed by atoms with van der Waals surface area (Å²) in [6.45, 7) is 1.35. The number of carbonyl (C=O) groups is 1. The van der Waals surface area contributed by atoms with Crippen molar-refractivity contribution in [3.05, 3.63) is 89.9 Å². The van der Waals surface area contributed by atoms with Gasteiger partial charge in [-0.3, -0.25) is 9.89 Å². The minimum absolute atomic E-state index is 0.0477. The van der Waals surface area contributed by atoms with Crippen molar-refractivity contribution in [2.45, 2.75) is 18.8 Å². The Bertz CT molecular complexity index is 1190. The zero-order chi connectivity index (χ0) is 20.5. The predicted molar refractivity (Wildman–Crippen MR) is 116 cm³/mol. The molecule has 30 heavy (non-hydrogen) atoms. The number of nitrogens with zero attached hydrogens (tertiary/aromatic N) is 2. The van der Waals surface area contributed by atoms with Crippen molar-refractivity contribution in [1.29, 1.82) is 0 Å². The molecule has 1 atom stereocenters. The van der Waals surface area contributed by atoms with Gasteiger partial charge in [0.2, 0.25) is 0 Å². The van der Waals surface area contributed by atoms with E-state index in [-0.39, 0.29) is 17.6 Å². The third-order valence-electron chi connectivity index (χ3n) is 5.90. The van der Waals surface area contributed by atoms with Crippen LogP contribution in [0.1, 0.15) is 34.8 Å². The van der Waals surface area contributed by atoms with Gasteiger partial charge in [0.15, 0.2) is 0 Å². The van der Waals surface area contributed by atoms with Crippen LogP contribution < -0.4 is 0 Å². The van der Waals surface area contributed by atoms with Gasteiger partial charge in [-0.25, -0.2) is 4.39 Å². The van der Waals surface area contributed by atoms with Gasteiger partial charge < -0.3 is 4.90 Å². The Morgan fingerprint density at radius 3 is 2.70 bits per heavy atom. The zero-order valence-corrected chi connectivity index (χ0v) is 16.5. The molecular weight excluding hydrogens is 377 g/mol. The average Bonchev–Trinajstić information content (AvgIpc) is 3.29. The van der Waals surface area contributed by atoms with E-state index in [1.807, 2.05) is 17.0 Å². The van der Waals surface area contributed by atoms with E-state index in [0.29, 0.717) is 12.1 Å². The van der Waals surface area contributed by atoms with Crippen LogP contribution in [0.15, 0.2) is 72.8 Å². The Labute approximate surface area is 174 Å². The molecule has 150 valence electrons. The van der Waals surface area contributed by atoms with Gasteiger partial charge in [0, 0.05) is 35.8 Å². The lowest BCUT2D eigenvalue weighted by molar-refractivity contribution is 0.0706. The second kappa shape index (κ2) is 7.75. The smallest absolute Gasteiger partial charge is 0.253 e. The number of aromatic amines is 1. The molecule has 4 aromatic rings. The van der Waals surface area contributed by atoms with Crippen LogP contribution in [0.5, 0.6) is 0 Å². The topological polar surface area (TPSA) is 49.0 Å². The number of carbonyl (C=O) groups excluding carboxylic acids is 1. The molecule has 0 unspecified atom stereocenters. The molecule has 1 fully saturated rings. The molecule has 0 aliphatic carbocycles. The Morgan fingerprint density at radius 1 is 1.03 bits per heavy atom. The molecule has 0 bridgehead atoms. The fraction of sp³-hybridized carbons (Fsp3) is 0.200. The van der Waals surface area contributed by atoms with Crippen LogP contribution in [0.3, 0.4) is 0 Å². The number of amides is 1. The number of likely N-dealkylation sites (tertiary alicyclic amines) is 1. The normalized spacial score (nSPS) is 16.7. The largest absolute Gasteiger partial charge is 0.338 e. The summed E-state index contributed by atoms with van der Waals surface area (Å²) >= 11 is 0. The van der Waals surface area contributed by atoms with Gasteiger partial charge in [0.1, 0.15) is 5.82 Å². The molecule has 1 aromatic heterocycles. The van der Waals surface area contributed by atoms with Crippen molar-refractivity contribution < 1.29 is 9.18 Å². The summed E-state index contributed by atoms with van der Waals surface area (Å²) in [6, 6.07) is 22.4. The first-order valence-corrected chi connectivity index (χ1v) is 10.3. The number of rotatable bonds is 3. The summed E-state index contributed by atoms with van der Waals surface area (Å²) in [7, 11) is 0. The number of piperidine rings is 1. The van der Waals surface area contributed by atoms with Gasteiger partial charge >= 0.3 is 0 Å². The van der Waals surface area contributed by atoms with E-state index in [9.17, 15) is 9.18 Å². The minimum Gasteiger partial charge on any atom is -0.338 e. The number of hydrogen-bond acceptors (Lipinski definition) is 2. The first kappa shape index (κ1) is 18.6. The number of fused-ring (bicyclic) bond motifs is 1. The highest BCUT2D eigenvalue weighted by molar-refractivity contribution is 5.96. The molecule has 1 saturated heterocycles. The van der Waals surface area contributed by atoms with Gasteiger partial charge in [-0.2, -0.15) is 5.10 Å². The molecule has 0 spiro atoms.